The molecule has 5 heteroatoms. The van der Waals surface area contributed by atoms with Crippen LogP contribution in [0.1, 0.15) is 5.56 Å². The molecule has 21 heavy (non-hydrogen) atoms. The van der Waals surface area contributed by atoms with E-state index in [1.807, 2.05) is 36.4 Å². The lowest BCUT2D eigenvalue weighted by Gasteiger charge is -2.00. The van der Waals surface area contributed by atoms with Crippen LogP contribution in [-0.2, 0) is 6.42 Å². The molecule has 0 unspecified atom stereocenters. The maximum atomic E-state index is 5.87. The van der Waals surface area contributed by atoms with Gasteiger partial charge in [-0.2, -0.15) is 4.98 Å². The van der Waals surface area contributed by atoms with Crippen molar-refractivity contribution >= 4 is 11.6 Å². The van der Waals surface area contributed by atoms with Gasteiger partial charge in [0.1, 0.15) is 0 Å². The zero-order valence-electron chi connectivity index (χ0n) is 11.3. The second kappa shape index (κ2) is 6.08. The van der Waals surface area contributed by atoms with Crippen LogP contribution in [0, 0.1) is 0 Å². The zero-order valence-corrected chi connectivity index (χ0v) is 12.0. The standard InChI is InChI=1S/C16H14ClN3O/c17-14-6-4-12(5-7-14)15-19-16(21-20-15)13-3-1-2-11(10-13)8-9-18/h1-7,10H,8-9,18H2. The van der Waals surface area contributed by atoms with Crippen molar-refractivity contribution in [1.29, 1.82) is 0 Å². The highest BCUT2D eigenvalue weighted by Gasteiger charge is 2.10. The van der Waals surface area contributed by atoms with Gasteiger partial charge in [0.25, 0.3) is 5.89 Å². The van der Waals surface area contributed by atoms with Gasteiger partial charge in [0, 0.05) is 16.1 Å². The van der Waals surface area contributed by atoms with Crippen LogP contribution in [-0.4, -0.2) is 16.7 Å². The molecule has 0 saturated carbocycles. The number of nitrogens with zero attached hydrogens (tertiary/aromatic N) is 2. The van der Waals surface area contributed by atoms with E-state index in [1.54, 1.807) is 12.1 Å². The average Bonchev–Trinajstić information content (AvgIpc) is 2.98. The van der Waals surface area contributed by atoms with E-state index >= 15 is 0 Å². The van der Waals surface area contributed by atoms with Crippen LogP contribution in [0.5, 0.6) is 0 Å². The largest absolute Gasteiger partial charge is 0.334 e. The third-order valence-corrected chi connectivity index (χ3v) is 3.39. The minimum Gasteiger partial charge on any atom is -0.334 e. The van der Waals surface area contributed by atoms with Gasteiger partial charge in [-0.1, -0.05) is 28.9 Å². The Bertz CT molecular complexity index is 737. The fraction of sp³-hybridized carbons (Fsp3) is 0.125. The van der Waals surface area contributed by atoms with Crippen molar-refractivity contribution in [1.82, 2.24) is 10.1 Å². The fourth-order valence-electron chi connectivity index (χ4n) is 2.08. The third-order valence-electron chi connectivity index (χ3n) is 3.14. The molecule has 0 radical (unpaired) electrons. The Morgan fingerprint density at radius 1 is 1.05 bits per heavy atom. The summed E-state index contributed by atoms with van der Waals surface area (Å²) in [6.07, 6.45) is 0.825. The van der Waals surface area contributed by atoms with Crippen molar-refractivity contribution in [3.63, 3.8) is 0 Å². The van der Waals surface area contributed by atoms with Crippen molar-refractivity contribution in [3.05, 3.63) is 59.1 Å². The van der Waals surface area contributed by atoms with E-state index < -0.39 is 0 Å². The molecule has 3 aromatic rings. The van der Waals surface area contributed by atoms with Crippen molar-refractivity contribution < 1.29 is 4.52 Å². The van der Waals surface area contributed by atoms with E-state index in [-0.39, 0.29) is 0 Å². The van der Waals surface area contributed by atoms with Gasteiger partial charge in [-0.25, -0.2) is 0 Å². The summed E-state index contributed by atoms with van der Waals surface area (Å²) in [6, 6.07) is 15.3. The Morgan fingerprint density at radius 3 is 2.62 bits per heavy atom. The summed E-state index contributed by atoms with van der Waals surface area (Å²) in [5, 5.41) is 4.69. The molecule has 0 bridgehead atoms. The van der Waals surface area contributed by atoms with Gasteiger partial charge in [-0.05, 0) is 54.9 Å². The van der Waals surface area contributed by atoms with Gasteiger partial charge in [-0.3, -0.25) is 0 Å². The highest BCUT2D eigenvalue weighted by molar-refractivity contribution is 6.30. The molecule has 0 aliphatic heterocycles. The van der Waals surface area contributed by atoms with Gasteiger partial charge in [0.05, 0.1) is 0 Å². The number of hydrogen-bond acceptors (Lipinski definition) is 4. The highest BCUT2D eigenvalue weighted by Crippen LogP contribution is 2.24. The van der Waals surface area contributed by atoms with Crippen molar-refractivity contribution in [3.8, 4) is 22.8 Å². The van der Waals surface area contributed by atoms with Crippen LogP contribution < -0.4 is 5.73 Å². The molecular formula is C16H14ClN3O. The number of hydrogen-bond donors (Lipinski definition) is 1. The van der Waals surface area contributed by atoms with Crippen LogP contribution in [0.2, 0.25) is 5.02 Å². The van der Waals surface area contributed by atoms with Crippen LogP contribution >= 0.6 is 11.6 Å². The third kappa shape index (κ3) is 3.12. The normalized spacial score (nSPS) is 10.8. The Balaban J connectivity index is 1.91. The summed E-state index contributed by atoms with van der Waals surface area (Å²) in [6.45, 7) is 0.614. The number of rotatable bonds is 4. The number of nitrogens with two attached hydrogens (primary N) is 1. The summed E-state index contributed by atoms with van der Waals surface area (Å²) in [7, 11) is 0. The number of aromatic nitrogens is 2. The zero-order chi connectivity index (χ0) is 14.7. The molecule has 4 nitrogen and oxygen atoms in total. The lowest BCUT2D eigenvalue weighted by atomic mass is 10.1. The van der Waals surface area contributed by atoms with E-state index in [1.165, 1.54) is 0 Å². The summed E-state index contributed by atoms with van der Waals surface area (Å²) in [4.78, 5) is 4.43. The minimum atomic E-state index is 0.499. The maximum Gasteiger partial charge on any atom is 0.258 e. The first-order valence-electron chi connectivity index (χ1n) is 6.65. The SMILES string of the molecule is NCCc1cccc(-c2nc(-c3ccc(Cl)cc3)no2)c1. The minimum absolute atomic E-state index is 0.499. The van der Waals surface area contributed by atoms with Gasteiger partial charge in [0.15, 0.2) is 0 Å². The van der Waals surface area contributed by atoms with Crippen LogP contribution in [0.25, 0.3) is 22.8 Å². The molecule has 0 fully saturated rings. The van der Waals surface area contributed by atoms with Gasteiger partial charge in [0.2, 0.25) is 5.82 Å². The molecule has 2 aromatic carbocycles. The van der Waals surface area contributed by atoms with Crippen LogP contribution in [0.15, 0.2) is 53.1 Å². The van der Waals surface area contributed by atoms with E-state index in [0.29, 0.717) is 23.3 Å². The summed E-state index contributed by atoms with van der Waals surface area (Å²) >= 11 is 5.87. The Labute approximate surface area is 127 Å². The van der Waals surface area contributed by atoms with E-state index in [9.17, 15) is 0 Å². The molecule has 0 amide bonds. The first-order chi connectivity index (χ1) is 10.3. The van der Waals surface area contributed by atoms with E-state index in [0.717, 1.165) is 23.1 Å². The molecule has 0 spiro atoms. The van der Waals surface area contributed by atoms with Crippen molar-refractivity contribution in [2.24, 2.45) is 5.73 Å². The fourth-order valence-corrected chi connectivity index (χ4v) is 2.21. The lowest BCUT2D eigenvalue weighted by molar-refractivity contribution is 0.432. The molecule has 0 aliphatic rings. The van der Waals surface area contributed by atoms with Gasteiger partial charge >= 0.3 is 0 Å². The summed E-state index contributed by atoms with van der Waals surface area (Å²) in [5.41, 5.74) is 8.50. The Morgan fingerprint density at radius 2 is 1.86 bits per heavy atom. The van der Waals surface area contributed by atoms with Crippen molar-refractivity contribution in [2.75, 3.05) is 6.54 Å². The molecule has 3 rings (SSSR count). The molecule has 1 heterocycles. The topological polar surface area (TPSA) is 64.9 Å². The van der Waals surface area contributed by atoms with Crippen LogP contribution in [0.4, 0.5) is 0 Å². The van der Waals surface area contributed by atoms with Crippen molar-refractivity contribution in [2.45, 2.75) is 6.42 Å². The smallest absolute Gasteiger partial charge is 0.258 e. The van der Waals surface area contributed by atoms with E-state index in [4.69, 9.17) is 21.9 Å². The number of benzene rings is 2. The quantitative estimate of drug-likeness (QED) is 0.800. The summed E-state index contributed by atoms with van der Waals surface area (Å²) in [5.74, 6) is 1.05. The number of halogens is 1. The van der Waals surface area contributed by atoms with E-state index in [2.05, 4.69) is 10.1 Å². The monoisotopic (exact) mass is 299 g/mol. The first kappa shape index (κ1) is 13.8. The molecular weight excluding hydrogens is 286 g/mol. The molecule has 0 saturated heterocycles. The molecule has 2 N–H and O–H groups in total. The lowest BCUT2D eigenvalue weighted by Crippen LogP contribution is -2.02. The first-order valence-corrected chi connectivity index (χ1v) is 7.03. The average molecular weight is 300 g/mol. The second-order valence-electron chi connectivity index (χ2n) is 4.67. The molecule has 106 valence electrons. The van der Waals surface area contributed by atoms with Gasteiger partial charge < -0.3 is 10.3 Å². The Kier molecular flexibility index (Phi) is 3.99. The summed E-state index contributed by atoms with van der Waals surface area (Å²) < 4.78 is 5.34. The molecule has 1 aromatic heterocycles. The van der Waals surface area contributed by atoms with Crippen LogP contribution in [0.3, 0.4) is 0 Å². The second-order valence-corrected chi connectivity index (χ2v) is 5.11. The molecule has 0 aliphatic carbocycles. The Hall–Kier alpha value is -2.17. The molecule has 0 atom stereocenters. The predicted octanol–water partition coefficient (Wildman–Crippen LogP) is 3.56. The maximum absolute atomic E-state index is 5.87. The van der Waals surface area contributed by atoms with Gasteiger partial charge in [-0.15, -0.1) is 0 Å². The predicted molar refractivity (Wildman–Crippen MR) is 82.9 cm³/mol. The highest BCUT2D eigenvalue weighted by atomic mass is 35.5.